The summed E-state index contributed by atoms with van der Waals surface area (Å²) < 4.78 is 0.656. The Balaban J connectivity index is 1.95. The molecule has 0 saturated heterocycles. The van der Waals surface area contributed by atoms with Crippen molar-refractivity contribution in [2.45, 2.75) is 25.8 Å². The highest BCUT2D eigenvalue weighted by Gasteiger charge is 2.20. The van der Waals surface area contributed by atoms with Crippen LogP contribution in [0, 0.1) is 17.0 Å². The lowest BCUT2D eigenvalue weighted by molar-refractivity contribution is -0.385. The number of nitro groups is 1. The molecule has 0 aliphatic heterocycles. The van der Waals surface area contributed by atoms with Gasteiger partial charge in [0, 0.05) is 24.7 Å². The van der Waals surface area contributed by atoms with E-state index in [-0.39, 0.29) is 5.69 Å². The molecule has 0 amide bonds. The lowest BCUT2D eigenvalue weighted by Crippen LogP contribution is -2.24. The predicted molar refractivity (Wildman–Crippen MR) is 72.8 cm³/mol. The molecule has 7 heteroatoms. The van der Waals surface area contributed by atoms with E-state index in [4.69, 9.17) is 0 Å². The molecular weight excluding hydrogens is 300 g/mol. The SMILES string of the molecule is Cc1c([N+](=O)[O-])cnc(NCCNC2CC2)c1Br. The van der Waals surface area contributed by atoms with Gasteiger partial charge in [0.25, 0.3) is 5.69 Å². The van der Waals surface area contributed by atoms with Gasteiger partial charge in [0.05, 0.1) is 9.40 Å². The fourth-order valence-corrected chi connectivity index (χ4v) is 2.07. The highest BCUT2D eigenvalue weighted by molar-refractivity contribution is 9.10. The van der Waals surface area contributed by atoms with E-state index in [9.17, 15) is 10.1 Å². The molecule has 1 aliphatic carbocycles. The van der Waals surface area contributed by atoms with Crippen molar-refractivity contribution in [2.24, 2.45) is 0 Å². The van der Waals surface area contributed by atoms with E-state index in [2.05, 4.69) is 31.5 Å². The number of anilines is 1. The second-order valence-corrected chi connectivity index (χ2v) is 5.14. The fraction of sp³-hybridized carbons (Fsp3) is 0.545. The summed E-state index contributed by atoms with van der Waals surface area (Å²) in [5, 5.41) is 17.3. The number of rotatable bonds is 6. The number of pyridine rings is 1. The molecule has 0 aromatic carbocycles. The molecule has 0 atom stereocenters. The second-order valence-electron chi connectivity index (χ2n) is 4.34. The molecule has 1 aromatic rings. The minimum Gasteiger partial charge on any atom is -0.368 e. The largest absolute Gasteiger partial charge is 0.368 e. The lowest BCUT2D eigenvalue weighted by Gasteiger charge is -2.09. The van der Waals surface area contributed by atoms with Gasteiger partial charge in [-0.05, 0) is 35.7 Å². The number of hydrogen-bond acceptors (Lipinski definition) is 5. The number of nitrogens with one attached hydrogen (secondary N) is 2. The van der Waals surface area contributed by atoms with Crippen molar-refractivity contribution in [3.05, 3.63) is 26.3 Å². The smallest absolute Gasteiger partial charge is 0.291 e. The highest BCUT2D eigenvalue weighted by Crippen LogP contribution is 2.30. The Bertz CT molecular complexity index is 463. The van der Waals surface area contributed by atoms with Gasteiger partial charge in [0.15, 0.2) is 0 Å². The van der Waals surface area contributed by atoms with Crippen LogP contribution in [0.15, 0.2) is 10.7 Å². The maximum Gasteiger partial charge on any atom is 0.291 e. The van der Waals surface area contributed by atoms with E-state index in [0.717, 1.165) is 13.1 Å². The van der Waals surface area contributed by atoms with Crippen molar-refractivity contribution in [1.29, 1.82) is 0 Å². The van der Waals surface area contributed by atoms with Crippen LogP contribution in [-0.4, -0.2) is 29.0 Å². The normalized spacial score (nSPS) is 14.6. The van der Waals surface area contributed by atoms with Crippen molar-refractivity contribution in [3.63, 3.8) is 0 Å². The molecule has 0 radical (unpaired) electrons. The van der Waals surface area contributed by atoms with Crippen LogP contribution in [-0.2, 0) is 0 Å². The van der Waals surface area contributed by atoms with Crippen LogP contribution < -0.4 is 10.6 Å². The van der Waals surface area contributed by atoms with E-state index in [1.54, 1.807) is 6.92 Å². The van der Waals surface area contributed by atoms with Gasteiger partial charge in [0.1, 0.15) is 12.0 Å². The average Bonchev–Trinajstić information content (AvgIpc) is 3.13. The van der Waals surface area contributed by atoms with Crippen LogP contribution in [0.5, 0.6) is 0 Å². The maximum absolute atomic E-state index is 10.7. The predicted octanol–water partition coefficient (Wildman–Crippen LogP) is 2.22. The van der Waals surface area contributed by atoms with Crippen molar-refractivity contribution < 1.29 is 4.92 Å². The Morgan fingerprint density at radius 3 is 2.89 bits per heavy atom. The summed E-state index contributed by atoms with van der Waals surface area (Å²) in [4.78, 5) is 14.4. The van der Waals surface area contributed by atoms with Crippen molar-refractivity contribution in [1.82, 2.24) is 10.3 Å². The Labute approximate surface area is 113 Å². The van der Waals surface area contributed by atoms with Crippen molar-refractivity contribution >= 4 is 27.4 Å². The molecule has 98 valence electrons. The molecule has 2 N–H and O–H groups in total. The van der Waals surface area contributed by atoms with Crippen LogP contribution in [0.25, 0.3) is 0 Å². The highest BCUT2D eigenvalue weighted by atomic mass is 79.9. The zero-order chi connectivity index (χ0) is 13.1. The van der Waals surface area contributed by atoms with Gasteiger partial charge in [-0.1, -0.05) is 0 Å². The van der Waals surface area contributed by atoms with Crippen molar-refractivity contribution in [2.75, 3.05) is 18.4 Å². The zero-order valence-electron chi connectivity index (χ0n) is 10.1. The molecular formula is C11H15BrN4O2. The number of nitrogens with zero attached hydrogens (tertiary/aromatic N) is 2. The molecule has 18 heavy (non-hydrogen) atoms. The van der Waals surface area contributed by atoms with Gasteiger partial charge in [0.2, 0.25) is 0 Å². The summed E-state index contributed by atoms with van der Waals surface area (Å²) in [6.07, 6.45) is 3.81. The Hall–Kier alpha value is -1.21. The van der Waals surface area contributed by atoms with E-state index < -0.39 is 4.92 Å². The third-order valence-corrected chi connectivity index (χ3v) is 3.83. The molecule has 1 saturated carbocycles. The van der Waals surface area contributed by atoms with Crippen LogP contribution in [0.3, 0.4) is 0 Å². The average molecular weight is 315 g/mol. The molecule has 0 unspecified atom stereocenters. The van der Waals surface area contributed by atoms with E-state index >= 15 is 0 Å². The summed E-state index contributed by atoms with van der Waals surface area (Å²) in [5.74, 6) is 0.649. The first kappa shape index (κ1) is 13.2. The monoisotopic (exact) mass is 314 g/mol. The lowest BCUT2D eigenvalue weighted by atomic mass is 10.2. The quantitative estimate of drug-likeness (QED) is 0.478. The standard InChI is InChI=1S/C11H15BrN4O2/c1-7-9(16(17)18)6-15-11(10(7)12)14-5-4-13-8-2-3-8/h6,8,13H,2-5H2,1H3,(H,14,15). The van der Waals surface area contributed by atoms with Gasteiger partial charge >= 0.3 is 0 Å². The summed E-state index contributed by atoms with van der Waals surface area (Å²) in [5.41, 5.74) is 0.621. The maximum atomic E-state index is 10.7. The van der Waals surface area contributed by atoms with E-state index in [1.165, 1.54) is 19.0 Å². The van der Waals surface area contributed by atoms with E-state index in [0.29, 0.717) is 21.9 Å². The zero-order valence-corrected chi connectivity index (χ0v) is 11.7. The summed E-state index contributed by atoms with van der Waals surface area (Å²) in [6, 6.07) is 0.682. The summed E-state index contributed by atoms with van der Waals surface area (Å²) >= 11 is 3.34. The fourth-order valence-electron chi connectivity index (χ4n) is 1.62. The van der Waals surface area contributed by atoms with Crippen LogP contribution in [0.2, 0.25) is 0 Å². The molecule has 0 spiro atoms. The first-order chi connectivity index (χ1) is 8.59. The minimum absolute atomic E-state index is 0.0310. The Kier molecular flexibility index (Phi) is 4.13. The molecule has 6 nitrogen and oxygen atoms in total. The van der Waals surface area contributed by atoms with Gasteiger partial charge in [-0.2, -0.15) is 0 Å². The topological polar surface area (TPSA) is 80.1 Å². The Morgan fingerprint density at radius 1 is 1.56 bits per heavy atom. The number of hydrogen-bond donors (Lipinski definition) is 2. The van der Waals surface area contributed by atoms with Gasteiger partial charge < -0.3 is 10.6 Å². The van der Waals surface area contributed by atoms with Gasteiger partial charge in [-0.25, -0.2) is 4.98 Å². The molecule has 1 heterocycles. The molecule has 0 bridgehead atoms. The molecule has 2 rings (SSSR count). The van der Waals surface area contributed by atoms with Gasteiger partial charge in [-0.3, -0.25) is 10.1 Å². The number of aromatic nitrogens is 1. The molecule has 1 aromatic heterocycles. The van der Waals surface area contributed by atoms with Gasteiger partial charge in [-0.15, -0.1) is 0 Å². The summed E-state index contributed by atoms with van der Waals surface area (Å²) in [6.45, 7) is 3.33. The number of halogens is 1. The summed E-state index contributed by atoms with van der Waals surface area (Å²) in [7, 11) is 0. The van der Waals surface area contributed by atoms with Crippen LogP contribution >= 0.6 is 15.9 Å². The van der Waals surface area contributed by atoms with Crippen LogP contribution in [0.4, 0.5) is 11.5 Å². The van der Waals surface area contributed by atoms with Crippen LogP contribution in [0.1, 0.15) is 18.4 Å². The first-order valence-corrected chi connectivity index (χ1v) is 6.65. The van der Waals surface area contributed by atoms with E-state index in [1.807, 2.05) is 0 Å². The van der Waals surface area contributed by atoms with Crippen molar-refractivity contribution in [3.8, 4) is 0 Å². The second kappa shape index (κ2) is 5.62. The molecule has 1 aliphatic rings. The molecule has 1 fully saturated rings. The third-order valence-electron chi connectivity index (χ3n) is 2.86. The Morgan fingerprint density at radius 2 is 2.28 bits per heavy atom. The minimum atomic E-state index is -0.425. The first-order valence-electron chi connectivity index (χ1n) is 5.86. The third kappa shape index (κ3) is 3.17.